The minimum atomic E-state index is -4.57. The fourth-order valence-corrected chi connectivity index (χ4v) is 2.47. The quantitative estimate of drug-likeness (QED) is 0.607. The van der Waals surface area contributed by atoms with Crippen molar-refractivity contribution in [3.8, 4) is 11.5 Å². The average Bonchev–Trinajstić information content (AvgIpc) is 2.41. The number of aromatic hydroxyl groups is 1. The van der Waals surface area contributed by atoms with E-state index < -0.39 is 11.2 Å². The van der Waals surface area contributed by atoms with Gasteiger partial charge in [-0.3, -0.25) is 0 Å². The van der Waals surface area contributed by atoms with E-state index in [1.807, 2.05) is 0 Å². The van der Waals surface area contributed by atoms with Gasteiger partial charge in [0.1, 0.15) is 10.8 Å². The second-order valence-corrected chi connectivity index (χ2v) is 6.32. The molecule has 0 aliphatic rings. The molecule has 1 aromatic carbocycles. The van der Waals surface area contributed by atoms with Gasteiger partial charge in [-0.1, -0.05) is 34.8 Å². The van der Waals surface area contributed by atoms with Crippen molar-refractivity contribution in [1.82, 2.24) is 0 Å². The lowest BCUT2D eigenvalue weighted by Gasteiger charge is -2.20. The van der Waals surface area contributed by atoms with Gasteiger partial charge in [0.25, 0.3) is 0 Å². The van der Waals surface area contributed by atoms with E-state index in [0.29, 0.717) is 6.42 Å². The Bertz CT molecular complexity index is 568. The van der Waals surface area contributed by atoms with E-state index in [4.69, 9.17) is 44.3 Å². The van der Waals surface area contributed by atoms with Crippen molar-refractivity contribution >= 4 is 34.8 Å². The molecular formula is C15H16Cl3F3O3. The second-order valence-electron chi connectivity index (χ2n) is 5.10. The Labute approximate surface area is 152 Å². The molecule has 1 aromatic rings. The molecule has 1 N–H and O–H groups in total. The third kappa shape index (κ3) is 6.97. The Kier molecular flexibility index (Phi) is 7.99. The molecule has 24 heavy (non-hydrogen) atoms. The van der Waals surface area contributed by atoms with E-state index in [0.717, 1.165) is 6.08 Å². The van der Waals surface area contributed by atoms with Gasteiger partial charge in [-0.15, -0.1) is 0 Å². The maximum absolute atomic E-state index is 12.2. The maximum Gasteiger partial charge on any atom is 0.426 e. The summed E-state index contributed by atoms with van der Waals surface area (Å²) in [7, 11) is 0. The number of alkyl halides is 3. The van der Waals surface area contributed by atoms with Crippen molar-refractivity contribution in [3.63, 3.8) is 0 Å². The van der Waals surface area contributed by atoms with Gasteiger partial charge < -0.3 is 14.6 Å². The third-order valence-electron chi connectivity index (χ3n) is 2.88. The largest absolute Gasteiger partial charge is 0.508 e. The zero-order valence-electron chi connectivity index (χ0n) is 12.8. The van der Waals surface area contributed by atoms with Crippen LogP contribution < -0.4 is 4.74 Å². The molecular weight excluding hydrogens is 392 g/mol. The minimum Gasteiger partial charge on any atom is -0.508 e. The van der Waals surface area contributed by atoms with E-state index in [2.05, 4.69) is 0 Å². The van der Waals surface area contributed by atoms with Gasteiger partial charge in [0.2, 0.25) is 0 Å². The zero-order chi connectivity index (χ0) is 18.5. The summed E-state index contributed by atoms with van der Waals surface area (Å²) in [5.74, 6) is 0.130. The second kappa shape index (κ2) is 9.04. The van der Waals surface area contributed by atoms with Crippen LogP contribution in [0.3, 0.4) is 0 Å². The predicted octanol–water partition coefficient (Wildman–Crippen LogP) is 5.95. The standard InChI is InChI=1S/C15H16Cl3F3O3/c1-8(23-4-3-13(18)15(19,20)21)5-9(2)24-14-11(16)6-10(22)7-12(14)17/h3,6-9,22H,4-5H2,1-2H3/b13-3-. The van der Waals surface area contributed by atoms with Crippen LogP contribution in [-0.4, -0.2) is 30.1 Å². The van der Waals surface area contributed by atoms with Crippen LogP contribution in [-0.2, 0) is 4.74 Å². The molecule has 0 amide bonds. The number of phenols is 1. The van der Waals surface area contributed by atoms with Crippen LogP contribution in [0.15, 0.2) is 23.2 Å². The molecule has 0 aliphatic carbocycles. The van der Waals surface area contributed by atoms with Gasteiger partial charge in [0.05, 0.1) is 28.9 Å². The van der Waals surface area contributed by atoms with Gasteiger partial charge in [-0.05, 0) is 19.9 Å². The Morgan fingerprint density at radius 3 is 2.25 bits per heavy atom. The molecule has 0 bridgehead atoms. The molecule has 0 radical (unpaired) electrons. The van der Waals surface area contributed by atoms with Gasteiger partial charge in [-0.25, -0.2) is 0 Å². The van der Waals surface area contributed by atoms with Gasteiger partial charge in [-0.2, -0.15) is 13.2 Å². The SMILES string of the molecule is CC(CC(C)Oc1c(Cl)cc(O)cc1Cl)OC/C=C(\Cl)C(F)(F)F. The predicted molar refractivity (Wildman–Crippen MR) is 88.2 cm³/mol. The number of halogens is 6. The molecule has 2 unspecified atom stereocenters. The van der Waals surface area contributed by atoms with Crippen molar-refractivity contribution in [3.05, 3.63) is 33.3 Å². The Morgan fingerprint density at radius 1 is 1.21 bits per heavy atom. The third-order valence-corrected chi connectivity index (χ3v) is 3.81. The van der Waals surface area contributed by atoms with Crippen LogP contribution in [0.25, 0.3) is 0 Å². The summed E-state index contributed by atoms with van der Waals surface area (Å²) in [6.07, 6.45) is -4.19. The van der Waals surface area contributed by atoms with Crippen molar-refractivity contribution in [2.75, 3.05) is 6.61 Å². The molecule has 0 fully saturated rings. The summed E-state index contributed by atoms with van der Waals surface area (Å²) >= 11 is 17.0. The summed E-state index contributed by atoms with van der Waals surface area (Å²) < 4.78 is 47.5. The summed E-state index contributed by atoms with van der Waals surface area (Å²) in [4.78, 5) is 0. The zero-order valence-corrected chi connectivity index (χ0v) is 15.1. The van der Waals surface area contributed by atoms with Crippen molar-refractivity contribution in [2.45, 2.75) is 38.7 Å². The van der Waals surface area contributed by atoms with E-state index in [-0.39, 0.29) is 40.4 Å². The first-order valence-electron chi connectivity index (χ1n) is 6.89. The van der Waals surface area contributed by atoms with Crippen LogP contribution in [0.1, 0.15) is 20.3 Å². The highest BCUT2D eigenvalue weighted by atomic mass is 35.5. The number of hydrogen-bond acceptors (Lipinski definition) is 3. The lowest BCUT2D eigenvalue weighted by Crippen LogP contribution is -2.21. The van der Waals surface area contributed by atoms with E-state index in [9.17, 15) is 18.3 Å². The highest BCUT2D eigenvalue weighted by Gasteiger charge is 2.32. The topological polar surface area (TPSA) is 38.7 Å². The van der Waals surface area contributed by atoms with Gasteiger partial charge >= 0.3 is 6.18 Å². The van der Waals surface area contributed by atoms with E-state index >= 15 is 0 Å². The molecule has 0 aliphatic heterocycles. The fraction of sp³-hybridized carbons (Fsp3) is 0.467. The monoisotopic (exact) mass is 406 g/mol. The van der Waals surface area contributed by atoms with Crippen LogP contribution in [0.4, 0.5) is 13.2 Å². The Morgan fingerprint density at radius 2 is 1.75 bits per heavy atom. The van der Waals surface area contributed by atoms with Gasteiger partial charge in [0, 0.05) is 18.6 Å². The first kappa shape index (κ1) is 21.2. The first-order valence-corrected chi connectivity index (χ1v) is 8.03. The lowest BCUT2D eigenvalue weighted by atomic mass is 10.2. The van der Waals surface area contributed by atoms with Crippen LogP contribution in [0.5, 0.6) is 11.5 Å². The number of phenolic OH excluding ortho intramolecular Hbond substituents is 1. The fourth-order valence-electron chi connectivity index (χ4n) is 1.85. The minimum absolute atomic E-state index is 0.0879. The average molecular weight is 408 g/mol. The molecule has 1 rings (SSSR count). The highest BCUT2D eigenvalue weighted by molar-refractivity contribution is 6.37. The number of hydrogen-bond donors (Lipinski definition) is 1. The Hall–Kier alpha value is -0.820. The van der Waals surface area contributed by atoms with E-state index in [1.54, 1.807) is 13.8 Å². The van der Waals surface area contributed by atoms with Crippen LogP contribution in [0.2, 0.25) is 10.0 Å². The summed E-state index contributed by atoms with van der Waals surface area (Å²) in [6, 6.07) is 2.58. The summed E-state index contributed by atoms with van der Waals surface area (Å²) in [5, 5.41) is 8.44. The summed E-state index contributed by atoms with van der Waals surface area (Å²) in [6.45, 7) is 3.15. The number of ether oxygens (including phenoxy) is 2. The maximum atomic E-state index is 12.2. The lowest BCUT2D eigenvalue weighted by molar-refractivity contribution is -0.0853. The molecule has 0 spiro atoms. The molecule has 0 heterocycles. The molecule has 2 atom stereocenters. The molecule has 3 nitrogen and oxygen atoms in total. The highest BCUT2D eigenvalue weighted by Crippen LogP contribution is 2.37. The van der Waals surface area contributed by atoms with Gasteiger partial charge in [0.15, 0.2) is 5.75 Å². The number of rotatable bonds is 7. The van der Waals surface area contributed by atoms with Crippen LogP contribution in [0, 0.1) is 0 Å². The Balaban J connectivity index is 2.52. The molecule has 0 aromatic heterocycles. The molecule has 9 heteroatoms. The molecule has 0 saturated heterocycles. The van der Waals surface area contributed by atoms with Crippen molar-refractivity contribution in [2.24, 2.45) is 0 Å². The number of benzene rings is 1. The molecule has 136 valence electrons. The first-order chi connectivity index (χ1) is 11.0. The molecule has 0 saturated carbocycles. The van der Waals surface area contributed by atoms with Crippen molar-refractivity contribution < 1.29 is 27.8 Å². The van der Waals surface area contributed by atoms with E-state index in [1.165, 1.54) is 12.1 Å². The normalized spacial score (nSPS) is 15.2. The van der Waals surface area contributed by atoms with Crippen molar-refractivity contribution in [1.29, 1.82) is 0 Å². The number of allylic oxidation sites excluding steroid dienone is 1. The summed E-state index contributed by atoms with van der Waals surface area (Å²) in [5.41, 5.74) is 0. The smallest absolute Gasteiger partial charge is 0.426 e. The van der Waals surface area contributed by atoms with Crippen LogP contribution >= 0.6 is 34.8 Å².